The molecule has 0 spiro atoms. The normalized spacial score (nSPS) is 25.2. The van der Waals surface area contributed by atoms with E-state index in [1.807, 2.05) is 0 Å². The molecule has 1 heterocycles. The van der Waals surface area contributed by atoms with Gasteiger partial charge in [0.1, 0.15) is 0 Å². The fourth-order valence-corrected chi connectivity index (χ4v) is 87.6. The lowest BCUT2D eigenvalue weighted by molar-refractivity contribution is 0.514. The molecule has 1 fully saturated rings. The lowest BCUT2D eigenvalue weighted by atomic mass is 10.2. The summed E-state index contributed by atoms with van der Waals surface area (Å²) in [5.41, 5.74) is 0. The van der Waals surface area contributed by atoms with Crippen LogP contribution in [0.2, 0.25) is 66.0 Å². The van der Waals surface area contributed by atoms with Crippen LogP contribution in [0.3, 0.4) is 0 Å². The van der Waals surface area contributed by atoms with Crippen LogP contribution in [-0.2, 0) is 0 Å². The Morgan fingerprint density at radius 2 is 0.441 bits per heavy atom. The second-order valence-electron chi connectivity index (χ2n) is 19.6. The Morgan fingerprint density at radius 1 is 0.324 bits per heavy atom. The van der Waals surface area contributed by atoms with E-state index in [9.17, 15) is 0 Å². The monoisotopic (exact) mass is 540 g/mol. The van der Waals surface area contributed by atoms with Gasteiger partial charge >= 0.3 is 0 Å². The molecule has 0 aromatic heterocycles. The summed E-state index contributed by atoms with van der Waals surface area (Å²) in [6.07, 6.45) is 0. The first-order chi connectivity index (χ1) is 14.2. The zero-order valence-corrected chi connectivity index (χ0v) is 32.2. The average molecular weight is 541 g/mol. The van der Waals surface area contributed by atoms with Crippen molar-refractivity contribution in [3.8, 4) is 0 Å². The summed E-state index contributed by atoms with van der Waals surface area (Å²) in [6.45, 7) is 59.3. The second kappa shape index (κ2) is 8.18. The molecule has 0 atom stereocenters. The van der Waals surface area contributed by atoms with Gasteiger partial charge in [-0.3, -0.25) is 0 Å². The minimum Gasteiger partial charge on any atom is -0.0698 e. The number of hydrogen-bond acceptors (Lipinski definition) is 0. The maximum absolute atomic E-state index is 2.90. The third kappa shape index (κ3) is 4.04. The smallest absolute Gasteiger partial charge is 0.0676 e. The van der Waals surface area contributed by atoms with Crippen molar-refractivity contribution < 1.29 is 0 Å². The Labute approximate surface area is 222 Å². The third-order valence-electron chi connectivity index (χ3n) is 10.9. The molecule has 1 aliphatic heterocycles. The molecule has 0 radical (unpaired) electrons. The van der Waals surface area contributed by atoms with Crippen molar-refractivity contribution in [2.24, 2.45) is 0 Å². The van der Waals surface area contributed by atoms with Gasteiger partial charge in [0.15, 0.2) is 0 Å². The summed E-state index contributed by atoms with van der Waals surface area (Å²) in [5.74, 6) is 0. The quantitative estimate of drug-likeness (QED) is 0.305. The average Bonchev–Trinajstić information content (AvgIpc) is 2.40. The van der Waals surface area contributed by atoms with E-state index in [-0.39, 0.29) is 0 Å². The lowest BCUT2D eigenvalue weighted by Crippen LogP contribution is -2.88. The molecule has 1 rings (SSSR count). The van der Waals surface area contributed by atoms with E-state index in [1.165, 1.54) is 0 Å². The van der Waals surface area contributed by atoms with E-state index in [2.05, 4.69) is 151 Å². The van der Waals surface area contributed by atoms with Crippen LogP contribution in [-0.4, -0.2) is 32.3 Å². The molecule has 0 N–H and O–H groups in total. The SMILES string of the molecule is CC(C)(C)[Si](C1[Si](C)(C)C([Si](C(C)(C)C)(C(C)(C)C)C(C)(C)C)[Si]1(C)C)(C(C)(C)C)C(C)(C)C. The molecule has 0 aromatic carbocycles. The summed E-state index contributed by atoms with van der Waals surface area (Å²) in [6, 6.07) is 0. The summed E-state index contributed by atoms with van der Waals surface area (Å²) in [5, 5.41) is 2.35. The third-order valence-corrected chi connectivity index (χ3v) is 55.9. The van der Waals surface area contributed by atoms with Gasteiger partial charge in [-0.25, -0.2) is 0 Å². The van der Waals surface area contributed by atoms with Crippen molar-refractivity contribution in [3.05, 3.63) is 0 Å². The van der Waals surface area contributed by atoms with Crippen LogP contribution < -0.4 is 0 Å². The molecule has 0 amide bonds. The van der Waals surface area contributed by atoms with E-state index in [4.69, 9.17) is 0 Å². The molecule has 0 aromatic rings. The van der Waals surface area contributed by atoms with E-state index in [1.54, 1.807) is 0 Å². The minimum absolute atomic E-state index is 0.392. The van der Waals surface area contributed by atoms with Crippen molar-refractivity contribution in [3.63, 3.8) is 0 Å². The Morgan fingerprint density at radius 3 is 0.529 bits per heavy atom. The van der Waals surface area contributed by atoms with Gasteiger partial charge in [0.25, 0.3) is 0 Å². The Balaban J connectivity index is 4.29. The van der Waals surface area contributed by atoms with Crippen molar-refractivity contribution in [2.45, 2.75) is 191 Å². The van der Waals surface area contributed by atoms with E-state index >= 15 is 0 Å². The molecule has 1 saturated heterocycles. The Kier molecular flexibility index (Phi) is 7.92. The van der Waals surface area contributed by atoms with Crippen molar-refractivity contribution in [1.82, 2.24) is 0 Å². The van der Waals surface area contributed by atoms with Gasteiger partial charge < -0.3 is 0 Å². The van der Waals surface area contributed by atoms with Gasteiger partial charge in [-0.15, -0.1) is 0 Å². The number of rotatable bonds is 2. The van der Waals surface area contributed by atoms with Gasteiger partial charge in [-0.2, -0.15) is 0 Å². The Hall–Kier alpha value is 0.868. The molecule has 34 heavy (non-hydrogen) atoms. The molecule has 0 bridgehead atoms. The molecule has 4 heteroatoms. The van der Waals surface area contributed by atoms with Crippen LogP contribution in [0.1, 0.15) is 125 Å². The summed E-state index contributed by atoms with van der Waals surface area (Å²) in [4.78, 5) is 2.10. The van der Waals surface area contributed by atoms with Gasteiger partial charge in [-0.05, 0) is 30.2 Å². The molecule has 0 aliphatic carbocycles. The van der Waals surface area contributed by atoms with Crippen LogP contribution in [0.25, 0.3) is 0 Å². The highest BCUT2D eigenvalue weighted by atomic mass is 28.5. The maximum atomic E-state index is 2.90. The lowest BCUT2D eigenvalue weighted by Gasteiger charge is -2.82. The van der Waals surface area contributed by atoms with Crippen LogP contribution in [0.4, 0.5) is 0 Å². The van der Waals surface area contributed by atoms with Crippen LogP contribution >= 0.6 is 0 Å². The minimum atomic E-state index is -1.84. The predicted molar refractivity (Wildman–Crippen MR) is 172 cm³/mol. The first kappa shape index (κ1) is 32.9. The summed E-state index contributed by atoms with van der Waals surface area (Å²) in [7, 11) is -6.86. The van der Waals surface area contributed by atoms with Crippen molar-refractivity contribution in [1.29, 1.82) is 0 Å². The maximum Gasteiger partial charge on any atom is 0.0676 e. The fourth-order valence-electron chi connectivity index (χ4n) is 13.7. The first-order valence-electron chi connectivity index (χ1n) is 14.2. The highest BCUT2D eigenvalue weighted by Gasteiger charge is 2.83. The summed E-state index contributed by atoms with van der Waals surface area (Å²) < 4.78 is 0. The second-order valence-corrected chi connectivity index (χ2v) is 46.1. The van der Waals surface area contributed by atoms with Crippen molar-refractivity contribution >= 4 is 32.3 Å². The van der Waals surface area contributed by atoms with Gasteiger partial charge in [0, 0.05) is 16.1 Å². The zero-order valence-electron chi connectivity index (χ0n) is 28.2. The van der Waals surface area contributed by atoms with Gasteiger partial charge in [-0.1, -0.05) is 160 Å². The molecular weight excluding hydrogens is 473 g/mol. The predicted octanol–water partition coefficient (Wildman–Crippen LogP) is 12.0. The highest BCUT2D eigenvalue weighted by molar-refractivity contribution is 7.35. The highest BCUT2D eigenvalue weighted by Crippen LogP contribution is 2.81. The van der Waals surface area contributed by atoms with E-state index in [0.29, 0.717) is 30.2 Å². The van der Waals surface area contributed by atoms with Gasteiger partial charge in [0.2, 0.25) is 0 Å². The molecule has 1 aliphatic rings. The van der Waals surface area contributed by atoms with Crippen LogP contribution in [0.15, 0.2) is 0 Å². The molecule has 0 nitrogen and oxygen atoms in total. The van der Waals surface area contributed by atoms with Crippen LogP contribution in [0, 0.1) is 0 Å². The topological polar surface area (TPSA) is 0 Å². The first-order valence-corrected chi connectivity index (χ1v) is 24.7. The molecule has 0 unspecified atom stereocenters. The van der Waals surface area contributed by atoms with Gasteiger partial charge in [0.05, 0.1) is 16.1 Å². The fraction of sp³-hybridized carbons (Fsp3) is 1.00. The molecular formula is C30H68Si4. The number of hydrogen-bond donors (Lipinski definition) is 0. The summed E-state index contributed by atoms with van der Waals surface area (Å²) >= 11 is 0. The molecule has 0 saturated carbocycles. The van der Waals surface area contributed by atoms with Crippen molar-refractivity contribution in [2.75, 3.05) is 0 Å². The van der Waals surface area contributed by atoms with Crippen LogP contribution in [0.5, 0.6) is 0 Å². The van der Waals surface area contributed by atoms with E-state index in [0.717, 1.165) is 9.58 Å². The largest absolute Gasteiger partial charge is 0.0698 e. The standard InChI is InChI=1S/C30H68Si4/c1-25(2,3)33(26(4,5)6,27(7,8)9)23-31(19,20)24(32(23,21)22)34(28(10,11)12,29(13,14)15)30(16,17)18/h23-24H,1-22H3. The Bertz CT molecular complexity index is 596. The van der Waals surface area contributed by atoms with E-state index < -0.39 is 32.3 Å². The zero-order chi connectivity index (χ0) is 28.2. The molecule has 204 valence electrons.